The second kappa shape index (κ2) is 3.77. The molecule has 0 spiro atoms. The van der Waals surface area contributed by atoms with Gasteiger partial charge >= 0.3 is 0 Å². The molecule has 1 saturated heterocycles. The average Bonchev–Trinajstić information content (AvgIpc) is 2.11. The van der Waals surface area contributed by atoms with E-state index in [1.54, 1.807) is 11.0 Å². The molecule has 1 rings (SSSR count). The molecule has 0 aromatic heterocycles. The molecule has 0 aliphatic carbocycles. The van der Waals surface area contributed by atoms with E-state index in [0.717, 1.165) is 0 Å². The second-order valence-electron chi connectivity index (χ2n) is 3.69. The van der Waals surface area contributed by atoms with Crippen molar-refractivity contribution in [2.24, 2.45) is 0 Å². The van der Waals surface area contributed by atoms with Crippen molar-refractivity contribution in [3.05, 3.63) is 22.8 Å². The summed E-state index contributed by atoms with van der Waals surface area (Å²) in [7, 11) is 0. The predicted octanol–water partition coefficient (Wildman–Crippen LogP) is 0.830. The maximum absolute atomic E-state index is 11.2. The molecule has 1 unspecified atom stereocenters. The Bertz CT molecular complexity index is 277. The van der Waals surface area contributed by atoms with Gasteiger partial charge in [0.25, 0.3) is 0 Å². The van der Waals surface area contributed by atoms with Crippen molar-refractivity contribution in [1.82, 2.24) is 4.90 Å². The normalized spacial score (nSPS) is 25.8. The van der Waals surface area contributed by atoms with Crippen LogP contribution in [-0.2, 0) is 4.79 Å². The molecule has 0 N–H and O–H groups in total. The fourth-order valence-corrected chi connectivity index (χ4v) is 1.61. The summed E-state index contributed by atoms with van der Waals surface area (Å²) in [5.74, 6) is 0.0516. The molecule has 1 fully saturated rings. The first kappa shape index (κ1) is 10.7. The van der Waals surface area contributed by atoms with Gasteiger partial charge in [0.15, 0.2) is 0 Å². The summed E-state index contributed by atoms with van der Waals surface area (Å²) >= 11 is 0. The number of carbonyl (C=O) groups excluding carboxylic acids is 1. The van der Waals surface area contributed by atoms with Gasteiger partial charge in [-0.2, -0.15) is 0 Å². The third kappa shape index (κ3) is 1.92. The zero-order valence-electron chi connectivity index (χ0n) is 8.23. The number of β-lactam (4-membered cyclic amide) rings is 1. The van der Waals surface area contributed by atoms with Crippen LogP contribution in [0.5, 0.6) is 0 Å². The van der Waals surface area contributed by atoms with E-state index in [1.165, 1.54) is 0 Å². The van der Waals surface area contributed by atoms with Crippen LogP contribution >= 0.6 is 0 Å². The number of likely N-dealkylation sites (tertiary alicyclic amines) is 1. The third-order valence-electron chi connectivity index (χ3n) is 2.59. The standard InChI is InChI=1S/C9H14N2O3/c1-3-9(2)7-8(12)10(9)5-4-6-11(13)14/h3H,1,4-7H2,2H3. The van der Waals surface area contributed by atoms with E-state index in [1.807, 2.05) is 6.92 Å². The number of rotatable bonds is 5. The topological polar surface area (TPSA) is 63.5 Å². The van der Waals surface area contributed by atoms with E-state index < -0.39 is 0 Å². The van der Waals surface area contributed by atoms with Crippen molar-refractivity contribution in [2.45, 2.75) is 25.3 Å². The Morgan fingerprint density at radius 3 is 2.86 bits per heavy atom. The van der Waals surface area contributed by atoms with Crippen molar-refractivity contribution in [1.29, 1.82) is 0 Å². The van der Waals surface area contributed by atoms with Gasteiger partial charge in [0.1, 0.15) is 0 Å². The Kier molecular flexibility index (Phi) is 2.88. The number of carbonyl (C=O) groups is 1. The fraction of sp³-hybridized carbons (Fsp3) is 0.667. The van der Waals surface area contributed by atoms with Gasteiger partial charge in [0.2, 0.25) is 12.5 Å². The van der Waals surface area contributed by atoms with Crippen LogP contribution in [0.15, 0.2) is 12.7 Å². The molecule has 0 aromatic rings. The summed E-state index contributed by atoms with van der Waals surface area (Å²) < 4.78 is 0. The van der Waals surface area contributed by atoms with Gasteiger partial charge in [0, 0.05) is 17.9 Å². The molecule has 1 aliphatic heterocycles. The Morgan fingerprint density at radius 2 is 2.43 bits per heavy atom. The van der Waals surface area contributed by atoms with E-state index >= 15 is 0 Å². The van der Waals surface area contributed by atoms with Crippen LogP contribution < -0.4 is 0 Å². The molecule has 1 aliphatic rings. The molecule has 1 amide bonds. The van der Waals surface area contributed by atoms with Crippen LogP contribution in [0.2, 0.25) is 0 Å². The largest absolute Gasteiger partial charge is 0.333 e. The van der Waals surface area contributed by atoms with E-state index in [0.29, 0.717) is 19.4 Å². The van der Waals surface area contributed by atoms with Crippen molar-refractivity contribution in [3.8, 4) is 0 Å². The van der Waals surface area contributed by atoms with Gasteiger partial charge in [-0.1, -0.05) is 6.08 Å². The van der Waals surface area contributed by atoms with Gasteiger partial charge < -0.3 is 4.90 Å². The third-order valence-corrected chi connectivity index (χ3v) is 2.59. The molecule has 5 heteroatoms. The first-order chi connectivity index (χ1) is 6.49. The molecular formula is C9H14N2O3. The lowest BCUT2D eigenvalue weighted by Gasteiger charge is -2.48. The number of nitro groups is 1. The minimum absolute atomic E-state index is 0.0516. The lowest BCUT2D eigenvalue weighted by molar-refractivity contribution is -0.480. The lowest BCUT2D eigenvalue weighted by Crippen LogP contribution is -2.60. The molecular weight excluding hydrogens is 184 g/mol. The van der Waals surface area contributed by atoms with Gasteiger partial charge in [-0.15, -0.1) is 6.58 Å². The SMILES string of the molecule is C=CC1(C)CC(=O)N1CCC[N+](=O)[O-]. The highest BCUT2D eigenvalue weighted by atomic mass is 16.6. The van der Waals surface area contributed by atoms with Crippen LogP contribution in [0.25, 0.3) is 0 Å². The molecule has 78 valence electrons. The van der Waals surface area contributed by atoms with Gasteiger partial charge in [-0.3, -0.25) is 14.9 Å². The van der Waals surface area contributed by atoms with Gasteiger partial charge in [-0.25, -0.2) is 0 Å². The number of hydrogen-bond donors (Lipinski definition) is 0. The van der Waals surface area contributed by atoms with Crippen molar-refractivity contribution >= 4 is 5.91 Å². The van der Waals surface area contributed by atoms with E-state index in [4.69, 9.17) is 0 Å². The van der Waals surface area contributed by atoms with Crippen molar-refractivity contribution in [2.75, 3.05) is 13.1 Å². The molecule has 14 heavy (non-hydrogen) atoms. The zero-order valence-corrected chi connectivity index (χ0v) is 8.23. The minimum atomic E-state index is -0.366. The van der Waals surface area contributed by atoms with Crippen molar-refractivity contribution in [3.63, 3.8) is 0 Å². The summed E-state index contributed by atoms with van der Waals surface area (Å²) in [6.07, 6.45) is 2.59. The average molecular weight is 198 g/mol. The molecule has 0 saturated carbocycles. The zero-order chi connectivity index (χ0) is 10.8. The highest BCUT2D eigenvalue weighted by molar-refractivity contribution is 5.85. The quantitative estimate of drug-likeness (QED) is 0.284. The number of amides is 1. The maximum Gasteiger partial charge on any atom is 0.225 e. The van der Waals surface area contributed by atoms with Crippen LogP contribution in [0.3, 0.4) is 0 Å². The molecule has 1 atom stereocenters. The minimum Gasteiger partial charge on any atom is -0.333 e. The summed E-state index contributed by atoms with van der Waals surface area (Å²) in [5, 5.41) is 10.1. The Morgan fingerprint density at radius 1 is 1.79 bits per heavy atom. The second-order valence-corrected chi connectivity index (χ2v) is 3.69. The molecule has 0 bridgehead atoms. The highest BCUT2D eigenvalue weighted by Crippen LogP contribution is 2.32. The van der Waals surface area contributed by atoms with E-state index in [9.17, 15) is 14.9 Å². The first-order valence-corrected chi connectivity index (χ1v) is 4.55. The Labute approximate surface area is 82.5 Å². The summed E-state index contributed by atoms with van der Waals surface area (Å²) in [6.45, 7) is 5.93. The number of hydrogen-bond acceptors (Lipinski definition) is 3. The van der Waals surface area contributed by atoms with Crippen LogP contribution in [0.1, 0.15) is 19.8 Å². The van der Waals surface area contributed by atoms with E-state index in [2.05, 4.69) is 6.58 Å². The lowest BCUT2D eigenvalue weighted by atomic mass is 9.86. The predicted molar refractivity (Wildman–Crippen MR) is 51.4 cm³/mol. The Balaban J connectivity index is 2.39. The summed E-state index contributed by atoms with van der Waals surface area (Å²) in [5.41, 5.74) is -0.284. The van der Waals surface area contributed by atoms with E-state index in [-0.39, 0.29) is 22.9 Å². The highest BCUT2D eigenvalue weighted by Gasteiger charge is 2.44. The fourth-order valence-electron chi connectivity index (χ4n) is 1.61. The molecule has 1 heterocycles. The van der Waals surface area contributed by atoms with Gasteiger partial charge in [-0.05, 0) is 6.92 Å². The first-order valence-electron chi connectivity index (χ1n) is 4.55. The monoisotopic (exact) mass is 198 g/mol. The molecule has 0 radical (unpaired) electrons. The van der Waals surface area contributed by atoms with Crippen molar-refractivity contribution < 1.29 is 9.72 Å². The van der Waals surface area contributed by atoms with Gasteiger partial charge in [0.05, 0.1) is 12.0 Å². The van der Waals surface area contributed by atoms with Crippen LogP contribution in [0, 0.1) is 10.1 Å². The smallest absolute Gasteiger partial charge is 0.225 e. The van der Waals surface area contributed by atoms with Crippen LogP contribution in [-0.4, -0.2) is 34.4 Å². The molecule has 5 nitrogen and oxygen atoms in total. The maximum atomic E-state index is 11.2. The van der Waals surface area contributed by atoms with Crippen LogP contribution in [0.4, 0.5) is 0 Å². The molecule has 0 aromatic carbocycles. The summed E-state index contributed by atoms with van der Waals surface area (Å²) in [6, 6.07) is 0. The summed E-state index contributed by atoms with van der Waals surface area (Å²) in [4.78, 5) is 22.5. The number of nitrogens with zero attached hydrogens (tertiary/aromatic N) is 2. The Hall–Kier alpha value is -1.39.